The number of aromatic amines is 1. The van der Waals surface area contributed by atoms with Crippen molar-refractivity contribution in [2.24, 2.45) is 0 Å². The van der Waals surface area contributed by atoms with Gasteiger partial charge in [-0.25, -0.2) is 9.36 Å². The zero-order chi connectivity index (χ0) is 18.1. The van der Waals surface area contributed by atoms with E-state index in [1.165, 1.54) is 4.57 Å². The molecule has 3 aromatic rings. The van der Waals surface area contributed by atoms with Crippen molar-refractivity contribution >= 4 is 17.4 Å². The van der Waals surface area contributed by atoms with Crippen LogP contribution in [0.4, 0.5) is 5.82 Å². The summed E-state index contributed by atoms with van der Waals surface area (Å²) in [6.07, 6.45) is 0. The molecule has 2 N–H and O–H groups in total. The molecule has 26 heavy (non-hydrogen) atoms. The zero-order valence-corrected chi connectivity index (χ0v) is 14.7. The first-order valence-electron chi connectivity index (χ1n) is 8.27. The van der Waals surface area contributed by atoms with Crippen molar-refractivity contribution in [3.63, 3.8) is 0 Å². The van der Waals surface area contributed by atoms with Crippen LogP contribution in [0.2, 0.25) is 5.02 Å². The van der Waals surface area contributed by atoms with E-state index in [0.717, 1.165) is 5.56 Å². The molecular formula is C19H17ClN4O2. The van der Waals surface area contributed by atoms with Crippen LogP contribution in [0, 0.1) is 0 Å². The van der Waals surface area contributed by atoms with Gasteiger partial charge in [0.05, 0.1) is 17.9 Å². The van der Waals surface area contributed by atoms with Crippen molar-refractivity contribution in [2.45, 2.75) is 13.1 Å². The third-order valence-electron chi connectivity index (χ3n) is 4.43. The number of nitrogens with zero attached hydrogens (tertiary/aromatic N) is 2. The number of nitrogens with one attached hydrogen (secondary N) is 2. The predicted octanol–water partition coefficient (Wildman–Crippen LogP) is 2.56. The van der Waals surface area contributed by atoms with E-state index >= 15 is 0 Å². The van der Waals surface area contributed by atoms with E-state index in [1.807, 2.05) is 54.6 Å². The largest absolute Gasteiger partial charge is 0.358 e. The smallest absolute Gasteiger partial charge is 0.334 e. The molecule has 7 heteroatoms. The third-order valence-corrected chi connectivity index (χ3v) is 4.79. The SMILES string of the molecule is O=c1[nH]c(=O)n(-c2ccccc2)c2c1CN(Cc1ccccc1Cl)CN2. The summed E-state index contributed by atoms with van der Waals surface area (Å²) in [5.41, 5.74) is 1.41. The number of H-pyrrole nitrogens is 1. The van der Waals surface area contributed by atoms with Gasteiger partial charge in [-0.15, -0.1) is 0 Å². The number of para-hydroxylation sites is 1. The minimum Gasteiger partial charge on any atom is -0.358 e. The van der Waals surface area contributed by atoms with E-state index in [-0.39, 0.29) is 5.56 Å². The Bertz CT molecular complexity index is 1060. The van der Waals surface area contributed by atoms with Crippen LogP contribution >= 0.6 is 11.6 Å². The van der Waals surface area contributed by atoms with Gasteiger partial charge in [-0.1, -0.05) is 48.0 Å². The fraction of sp³-hybridized carbons (Fsp3) is 0.158. The van der Waals surface area contributed by atoms with Crippen molar-refractivity contribution in [3.05, 3.63) is 91.6 Å². The Balaban J connectivity index is 1.71. The molecule has 1 aromatic heterocycles. The number of fused-ring (bicyclic) bond motifs is 1. The molecule has 6 nitrogen and oxygen atoms in total. The molecule has 0 saturated carbocycles. The molecule has 0 atom stereocenters. The minimum absolute atomic E-state index is 0.367. The summed E-state index contributed by atoms with van der Waals surface area (Å²) < 4.78 is 1.50. The van der Waals surface area contributed by atoms with Gasteiger partial charge >= 0.3 is 5.69 Å². The molecule has 0 bridgehead atoms. The van der Waals surface area contributed by atoms with Crippen molar-refractivity contribution in [1.29, 1.82) is 0 Å². The molecule has 0 spiro atoms. The van der Waals surface area contributed by atoms with Crippen LogP contribution in [-0.2, 0) is 13.1 Å². The van der Waals surface area contributed by atoms with E-state index in [9.17, 15) is 9.59 Å². The van der Waals surface area contributed by atoms with Gasteiger partial charge in [0.15, 0.2) is 0 Å². The first-order valence-corrected chi connectivity index (χ1v) is 8.64. The highest BCUT2D eigenvalue weighted by Gasteiger charge is 2.23. The lowest BCUT2D eigenvalue weighted by atomic mass is 10.1. The van der Waals surface area contributed by atoms with Crippen molar-refractivity contribution in [3.8, 4) is 5.69 Å². The van der Waals surface area contributed by atoms with E-state index in [1.54, 1.807) is 0 Å². The summed E-state index contributed by atoms with van der Waals surface area (Å²) in [6, 6.07) is 16.9. The van der Waals surface area contributed by atoms with E-state index in [4.69, 9.17) is 11.6 Å². The number of anilines is 1. The van der Waals surface area contributed by atoms with Gasteiger partial charge in [0.25, 0.3) is 5.56 Å². The van der Waals surface area contributed by atoms with Crippen LogP contribution in [0.25, 0.3) is 5.69 Å². The Morgan fingerprint density at radius 1 is 1.00 bits per heavy atom. The summed E-state index contributed by atoms with van der Waals surface area (Å²) in [6.45, 7) is 1.54. The normalized spacial score (nSPS) is 13.9. The van der Waals surface area contributed by atoms with E-state index < -0.39 is 5.69 Å². The lowest BCUT2D eigenvalue weighted by Gasteiger charge is -2.30. The fourth-order valence-electron chi connectivity index (χ4n) is 3.17. The molecule has 0 aliphatic carbocycles. The van der Waals surface area contributed by atoms with Crippen molar-refractivity contribution in [2.75, 3.05) is 12.0 Å². The molecular weight excluding hydrogens is 352 g/mol. The summed E-state index contributed by atoms with van der Waals surface area (Å²) >= 11 is 6.24. The first kappa shape index (κ1) is 16.6. The van der Waals surface area contributed by atoms with Crippen LogP contribution in [0.3, 0.4) is 0 Å². The number of hydrogen-bond acceptors (Lipinski definition) is 4. The average molecular weight is 369 g/mol. The lowest BCUT2D eigenvalue weighted by molar-refractivity contribution is 0.263. The maximum Gasteiger partial charge on any atom is 0.334 e. The molecule has 0 fully saturated rings. The second-order valence-electron chi connectivity index (χ2n) is 6.17. The molecule has 2 heterocycles. The summed E-state index contributed by atoms with van der Waals surface area (Å²) in [4.78, 5) is 29.2. The van der Waals surface area contributed by atoms with Crippen LogP contribution in [-0.4, -0.2) is 21.1 Å². The Labute approximate surface area is 154 Å². The molecule has 0 radical (unpaired) electrons. The van der Waals surface area contributed by atoms with Gasteiger partial charge in [0, 0.05) is 18.1 Å². The van der Waals surface area contributed by atoms with Gasteiger partial charge in [0.2, 0.25) is 0 Å². The predicted molar refractivity (Wildman–Crippen MR) is 102 cm³/mol. The quantitative estimate of drug-likeness (QED) is 0.745. The Morgan fingerprint density at radius 3 is 2.50 bits per heavy atom. The number of aromatic nitrogens is 2. The van der Waals surface area contributed by atoms with Gasteiger partial charge in [0.1, 0.15) is 5.82 Å². The average Bonchev–Trinajstić information content (AvgIpc) is 2.65. The lowest BCUT2D eigenvalue weighted by Crippen LogP contribution is -2.42. The molecule has 1 aliphatic rings. The van der Waals surface area contributed by atoms with Gasteiger partial charge < -0.3 is 5.32 Å². The van der Waals surface area contributed by atoms with Gasteiger partial charge in [-0.05, 0) is 23.8 Å². The Morgan fingerprint density at radius 2 is 1.73 bits per heavy atom. The molecule has 132 valence electrons. The van der Waals surface area contributed by atoms with Gasteiger partial charge in [-0.2, -0.15) is 0 Å². The van der Waals surface area contributed by atoms with E-state index in [0.29, 0.717) is 41.8 Å². The van der Waals surface area contributed by atoms with Crippen molar-refractivity contribution in [1.82, 2.24) is 14.5 Å². The molecule has 4 rings (SSSR count). The first-order chi connectivity index (χ1) is 12.6. The van der Waals surface area contributed by atoms with Gasteiger partial charge in [-0.3, -0.25) is 14.7 Å². The van der Waals surface area contributed by atoms with Crippen LogP contribution < -0.4 is 16.6 Å². The second-order valence-corrected chi connectivity index (χ2v) is 6.58. The summed E-state index contributed by atoms with van der Waals surface area (Å²) in [5, 5.41) is 3.92. The third kappa shape index (κ3) is 3.05. The molecule has 2 aromatic carbocycles. The fourth-order valence-corrected chi connectivity index (χ4v) is 3.37. The van der Waals surface area contributed by atoms with Crippen LogP contribution in [0.1, 0.15) is 11.1 Å². The van der Waals surface area contributed by atoms with Crippen LogP contribution in [0.5, 0.6) is 0 Å². The summed E-state index contributed by atoms with van der Waals surface area (Å²) in [7, 11) is 0. The zero-order valence-electron chi connectivity index (χ0n) is 13.9. The molecule has 0 saturated heterocycles. The van der Waals surface area contributed by atoms with Crippen molar-refractivity contribution < 1.29 is 0 Å². The monoisotopic (exact) mass is 368 g/mol. The van der Waals surface area contributed by atoms with E-state index in [2.05, 4.69) is 15.2 Å². The molecule has 0 unspecified atom stereocenters. The minimum atomic E-state index is -0.452. The maximum atomic E-state index is 12.4. The number of rotatable bonds is 3. The highest BCUT2D eigenvalue weighted by Crippen LogP contribution is 2.23. The van der Waals surface area contributed by atoms with Crippen LogP contribution in [0.15, 0.2) is 64.2 Å². The molecule has 1 aliphatic heterocycles. The Kier molecular flexibility index (Phi) is 4.36. The standard InChI is InChI=1S/C19H17ClN4O2/c20-16-9-5-4-6-13(16)10-23-11-15-17(21-12-23)24(19(26)22-18(15)25)14-7-2-1-3-8-14/h1-9,21H,10-12H2,(H,22,25,26). The maximum absolute atomic E-state index is 12.4. The number of benzene rings is 2. The summed E-state index contributed by atoms with van der Waals surface area (Å²) in [5.74, 6) is 0.542. The highest BCUT2D eigenvalue weighted by molar-refractivity contribution is 6.31. The molecule has 0 amide bonds. The Hall–Kier alpha value is -2.83. The number of hydrogen-bond donors (Lipinski definition) is 2. The number of halogens is 1. The topological polar surface area (TPSA) is 70.1 Å². The second kappa shape index (κ2) is 6.82. The highest BCUT2D eigenvalue weighted by atomic mass is 35.5.